The van der Waals surface area contributed by atoms with Crippen LogP contribution in [0.2, 0.25) is 0 Å². The van der Waals surface area contributed by atoms with E-state index in [1.807, 2.05) is 39.0 Å². The van der Waals surface area contributed by atoms with Gasteiger partial charge in [-0.3, -0.25) is 4.79 Å². The molecule has 0 fully saturated rings. The standard InChI is InChI=1S/C17H19NO2/c1-11(2)20-15-8-6-13(7-9-15)17(19)14-5-4-12(3)16(18)10-14/h4-11H,18H2,1-3H3. The summed E-state index contributed by atoms with van der Waals surface area (Å²) in [5, 5.41) is 0. The highest BCUT2D eigenvalue weighted by molar-refractivity contribution is 6.09. The fraction of sp³-hybridized carbons (Fsp3) is 0.235. The Morgan fingerprint density at radius 2 is 1.65 bits per heavy atom. The predicted molar refractivity (Wildman–Crippen MR) is 81.2 cm³/mol. The van der Waals surface area contributed by atoms with Gasteiger partial charge in [0.1, 0.15) is 5.75 Å². The van der Waals surface area contributed by atoms with Gasteiger partial charge in [0.15, 0.2) is 5.78 Å². The number of carbonyl (C=O) groups excluding carboxylic acids is 1. The lowest BCUT2D eigenvalue weighted by Crippen LogP contribution is -2.06. The highest BCUT2D eigenvalue weighted by atomic mass is 16.5. The van der Waals surface area contributed by atoms with Crippen molar-refractivity contribution in [1.29, 1.82) is 0 Å². The number of aryl methyl sites for hydroxylation is 1. The molecule has 3 nitrogen and oxygen atoms in total. The third kappa shape index (κ3) is 3.18. The van der Waals surface area contributed by atoms with E-state index in [1.54, 1.807) is 24.3 Å². The molecule has 0 amide bonds. The molecule has 2 N–H and O–H groups in total. The molecule has 0 radical (unpaired) electrons. The summed E-state index contributed by atoms with van der Waals surface area (Å²) >= 11 is 0. The summed E-state index contributed by atoms with van der Waals surface area (Å²) in [5.74, 6) is 0.729. The first kappa shape index (κ1) is 14.1. The zero-order chi connectivity index (χ0) is 14.7. The molecule has 0 aromatic heterocycles. The second-order valence-electron chi connectivity index (χ2n) is 5.09. The molecule has 0 aliphatic rings. The maximum atomic E-state index is 12.3. The highest BCUT2D eigenvalue weighted by Gasteiger charge is 2.10. The van der Waals surface area contributed by atoms with E-state index in [0.29, 0.717) is 16.8 Å². The lowest BCUT2D eigenvalue weighted by molar-refractivity contribution is 0.103. The minimum absolute atomic E-state index is 0.0344. The van der Waals surface area contributed by atoms with E-state index in [0.717, 1.165) is 11.3 Å². The van der Waals surface area contributed by atoms with Gasteiger partial charge in [-0.25, -0.2) is 0 Å². The zero-order valence-corrected chi connectivity index (χ0v) is 12.0. The molecule has 2 aromatic carbocycles. The molecule has 2 rings (SSSR count). The molecule has 0 heterocycles. The average Bonchev–Trinajstić information content (AvgIpc) is 2.41. The van der Waals surface area contributed by atoms with Crippen molar-refractivity contribution in [3.8, 4) is 5.75 Å². The molecule has 2 aromatic rings. The molecule has 0 aliphatic heterocycles. The summed E-state index contributed by atoms with van der Waals surface area (Å²) in [6, 6.07) is 12.5. The van der Waals surface area contributed by atoms with Crippen LogP contribution in [0.1, 0.15) is 35.3 Å². The summed E-state index contributed by atoms with van der Waals surface area (Å²) in [7, 11) is 0. The predicted octanol–water partition coefficient (Wildman–Crippen LogP) is 3.60. The monoisotopic (exact) mass is 269 g/mol. The maximum absolute atomic E-state index is 12.3. The van der Waals surface area contributed by atoms with E-state index in [4.69, 9.17) is 10.5 Å². The summed E-state index contributed by atoms with van der Waals surface area (Å²) < 4.78 is 5.56. The first-order chi connectivity index (χ1) is 9.47. The lowest BCUT2D eigenvalue weighted by Gasteiger charge is -2.10. The third-order valence-corrected chi connectivity index (χ3v) is 3.03. The number of rotatable bonds is 4. The topological polar surface area (TPSA) is 52.3 Å². The van der Waals surface area contributed by atoms with Crippen LogP contribution in [0.5, 0.6) is 5.75 Å². The van der Waals surface area contributed by atoms with Crippen LogP contribution < -0.4 is 10.5 Å². The molecule has 0 spiro atoms. The summed E-state index contributed by atoms with van der Waals surface area (Å²) in [5.41, 5.74) is 8.68. The van der Waals surface area contributed by atoms with Crippen molar-refractivity contribution >= 4 is 11.5 Å². The van der Waals surface area contributed by atoms with Crippen molar-refractivity contribution in [2.24, 2.45) is 0 Å². The molecule has 0 saturated carbocycles. The minimum Gasteiger partial charge on any atom is -0.491 e. The number of ether oxygens (including phenoxy) is 1. The molecule has 104 valence electrons. The number of nitrogens with two attached hydrogens (primary N) is 1. The average molecular weight is 269 g/mol. The van der Waals surface area contributed by atoms with E-state index in [1.165, 1.54) is 0 Å². The Kier molecular flexibility index (Phi) is 4.08. The van der Waals surface area contributed by atoms with Gasteiger partial charge < -0.3 is 10.5 Å². The van der Waals surface area contributed by atoms with Gasteiger partial charge in [0, 0.05) is 16.8 Å². The fourth-order valence-electron chi connectivity index (χ4n) is 1.91. The van der Waals surface area contributed by atoms with Gasteiger partial charge in [0.2, 0.25) is 0 Å². The van der Waals surface area contributed by atoms with Gasteiger partial charge >= 0.3 is 0 Å². The van der Waals surface area contributed by atoms with Crippen molar-refractivity contribution in [2.45, 2.75) is 26.9 Å². The van der Waals surface area contributed by atoms with Crippen LogP contribution in [-0.2, 0) is 0 Å². The number of hydrogen-bond acceptors (Lipinski definition) is 3. The van der Waals surface area contributed by atoms with Crippen LogP contribution in [-0.4, -0.2) is 11.9 Å². The van der Waals surface area contributed by atoms with Crippen LogP contribution in [0, 0.1) is 6.92 Å². The second kappa shape index (κ2) is 5.78. The number of carbonyl (C=O) groups is 1. The fourth-order valence-corrected chi connectivity index (χ4v) is 1.91. The Bertz CT molecular complexity index is 615. The largest absolute Gasteiger partial charge is 0.491 e. The van der Waals surface area contributed by atoms with Gasteiger partial charge in [-0.15, -0.1) is 0 Å². The van der Waals surface area contributed by atoms with Gasteiger partial charge in [0.05, 0.1) is 6.10 Å². The van der Waals surface area contributed by atoms with E-state index in [2.05, 4.69) is 0 Å². The van der Waals surface area contributed by atoms with E-state index < -0.39 is 0 Å². The Balaban J connectivity index is 2.22. The zero-order valence-electron chi connectivity index (χ0n) is 12.0. The molecule has 0 atom stereocenters. The van der Waals surface area contributed by atoms with Crippen LogP contribution in [0.3, 0.4) is 0 Å². The van der Waals surface area contributed by atoms with Gasteiger partial charge in [-0.2, -0.15) is 0 Å². The number of hydrogen-bond donors (Lipinski definition) is 1. The van der Waals surface area contributed by atoms with Crippen molar-refractivity contribution < 1.29 is 9.53 Å². The van der Waals surface area contributed by atoms with Gasteiger partial charge in [-0.05, 0) is 56.7 Å². The molecule has 0 saturated heterocycles. The van der Waals surface area contributed by atoms with Gasteiger partial charge in [-0.1, -0.05) is 12.1 Å². The maximum Gasteiger partial charge on any atom is 0.193 e. The molecular weight excluding hydrogens is 250 g/mol. The Morgan fingerprint density at radius 3 is 2.20 bits per heavy atom. The smallest absolute Gasteiger partial charge is 0.193 e. The molecule has 0 aliphatic carbocycles. The van der Waals surface area contributed by atoms with Crippen LogP contribution in [0.15, 0.2) is 42.5 Å². The van der Waals surface area contributed by atoms with Crippen LogP contribution in [0.25, 0.3) is 0 Å². The number of anilines is 1. The highest BCUT2D eigenvalue weighted by Crippen LogP contribution is 2.19. The van der Waals surface area contributed by atoms with Crippen LogP contribution >= 0.6 is 0 Å². The van der Waals surface area contributed by atoms with Crippen molar-refractivity contribution in [2.75, 3.05) is 5.73 Å². The van der Waals surface area contributed by atoms with E-state index in [-0.39, 0.29) is 11.9 Å². The molecule has 20 heavy (non-hydrogen) atoms. The Hall–Kier alpha value is -2.29. The summed E-state index contributed by atoms with van der Waals surface area (Å²) in [6.07, 6.45) is 0.119. The number of ketones is 1. The lowest BCUT2D eigenvalue weighted by atomic mass is 10.0. The van der Waals surface area contributed by atoms with Crippen LogP contribution in [0.4, 0.5) is 5.69 Å². The van der Waals surface area contributed by atoms with Crippen molar-refractivity contribution in [3.63, 3.8) is 0 Å². The molecule has 3 heteroatoms. The number of benzene rings is 2. The normalized spacial score (nSPS) is 10.6. The Labute approximate surface area is 119 Å². The molecule has 0 unspecified atom stereocenters. The third-order valence-electron chi connectivity index (χ3n) is 3.03. The minimum atomic E-state index is -0.0344. The molecule has 0 bridgehead atoms. The SMILES string of the molecule is Cc1ccc(C(=O)c2ccc(OC(C)C)cc2)cc1N. The summed E-state index contributed by atoms with van der Waals surface area (Å²) in [6.45, 7) is 5.85. The quantitative estimate of drug-likeness (QED) is 0.681. The van der Waals surface area contributed by atoms with E-state index >= 15 is 0 Å². The molecular formula is C17H19NO2. The van der Waals surface area contributed by atoms with Crippen molar-refractivity contribution in [1.82, 2.24) is 0 Å². The van der Waals surface area contributed by atoms with Gasteiger partial charge in [0.25, 0.3) is 0 Å². The number of nitrogen functional groups attached to an aromatic ring is 1. The first-order valence-electron chi connectivity index (χ1n) is 6.65. The Morgan fingerprint density at radius 1 is 1.05 bits per heavy atom. The second-order valence-corrected chi connectivity index (χ2v) is 5.09. The summed E-state index contributed by atoms with van der Waals surface area (Å²) in [4.78, 5) is 12.3. The van der Waals surface area contributed by atoms with E-state index in [9.17, 15) is 4.79 Å². The first-order valence-corrected chi connectivity index (χ1v) is 6.65. The van der Waals surface area contributed by atoms with Crippen molar-refractivity contribution in [3.05, 3.63) is 59.2 Å².